The third kappa shape index (κ3) is 2.49. The number of aromatic nitrogens is 1. The van der Waals surface area contributed by atoms with Crippen molar-refractivity contribution < 1.29 is 9.21 Å². The molecule has 2 rings (SSSR count). The monoisotopic (exact) mass is 221 g/mol. The Morgan fingerprint density at radius 1 is 1.69 bits per heavy atom. The molecule has 2 atom stereocenters. The van der Waals surface area contributed by atoms with Crippen LogP contribution in [0.25, 0.3) is 0 Å². The van der Waals surface area contributed by atoms with Crippen LogP contribution < -0.4 is 11.1 Å². The van der Waals surface area contributed by atoms with Gasteiger partial charge in [-0.1, -0.05) is 12.2 Å². The van der Waals surface area contributed by atoms with Gasteiger partial charge in [0.15, 0.2) is 0 Å². The molecule has 0 aliphatic heterocycles. The summed E-state index contributed by atoms with van der Waals surface area (Å²) in [5, 5.41) is 2.77. The molecule has 0 fully saturated rings. The van der Waals surface area contributed by atoms with Crippen molar-refractivity contribution in [1.29, 1.82) is 0 Å². The van der Waals surface area contributed by atoms with Gasteiger partial charge in [0.05, 0.1) is 18.7 Å². The lowest BCUT2D eigenvalue weighted by molar-refractivity contribution is -0.123. The number of rotatable bonds is 3. The van der Waals surface area contributed by atoms with E-state index in [2.05, 4.69) is 10.3 Å². The van der Waals surface area contributed by atoms with Gasteiger partial charge in [-0.25, -0.2) is 4.98 Å². The molecule has 5 heteroatoms. The van der Waals surface area contributed by atoms with Crippen LogP contribution in [-0.4, -0.2) is 16.9 Å². The molecule has 0 radical (unpaired) electrons. The maximum atomic E-state index is 11.7. The van der Waals surface area contributed by atoms with Crippen molar-refractivity contribution in [3.8, 4) is 0 Å². The molecule has 1 amide bonds. The molecule has 0 bridgehead atoms. The van der Waals surface area contributed by atoms with E-state index < -0.39 is 0 Å². The molecule has 0 aromatic carbocycles. The summed E-state index contributed by atoms with van der Waals surface area (Å²) in [5.41, 5.74) is 5.68. The molecule has 86 valence electrons. The number of hydrogen-bond donors (Lipinski definition) is 2. The Balaban J connectivity index is 1.82. The molecule has 1 aromatic rings. The van der Waals surface area contributed by atoms with Crippen LogP contribution in [-0.2, 0) is 11.3 Å². The van der Waals surface area contributed by atoms with Crippen molar-refractivity contribution in [3.63, 3.8) is 0 Å². The summed E-state index contributed by atoms with van der Waals surface area (Å²) >= 11 is 0. The maximum absolute atomic E-state index is 11.7. The van der Waals surface area contributed by atoms with Gasteiger partial charge in [0, 0.05) is 6.04 Å². The molecule has 0 saturated carbocycles. The van der Waals surface area contributed by atoms with E-state index in [0.29, 0.717) is 18.9 Å². The summed E-state index contributed by atoms with van der Waals surface area (Å²) in [6, 6.07) is -0.000248. The summed E-state index contributed by atoms with van der Waals surface area (Å²) in [5.74, 6) is 1.12. The zero-order chi connectivity index (χ0) is 11.5. The van der Waals surface area contributed by atoms with E-state index >= 15 is 0 Å². The lowest BCUT2D eigenvalue weighted by Crippen LogP contribution is -2.30. The van der Waals surface area contributed by atoms with Crippen molar-refractivity contribution in [2.45, 2.75) is 25.9 Å². The zero-order valence-corrected chi connectivity index (χ0v) is 9.14. The van der Waals surface area contributed by atoms with Gasteiger partial charge < -0.3 is 15.5 Å². The van der Waals surface area contributed by atoms with Crippen molar-refractivity contribution in [1.82, 2.24) is 10.3 Å². The van der Waals surface area contributed by atoms with Crippen LogP contribution in [0, 0.1) is 12.8 Å². The predicted octanol–water partition coefficient (Wildman–Crippen LogP) is 0.503. The number of carbonyl (C=O) groups is 1. The molecule has 2 unspecified atom stereocenters. The van der Waals surface area contributed by atoms with E-state index in [4.69, 9.17) is 10.2 Å². The molecular weight excluding hydrogens is 206 g/mol. The molecule has 1 aromatic heterocycles. The lowest BCUT2D eigenvalue weighted by Gasteiger charge is -2.08. The molecular formula is C11H15N3O2. The molecule has 1 aliphatic carbocycles. The van der Waals surface area contributed by atoms with Crippen molar-refractivity contribution in [3.05, 3.63) is 30.0 Å². The summed E-state index contributed by atoms with van der Waals surface area (Å²) in [4.78, 5) is 15.7. The van der Waals surface area contributed by atoms with Crippen LogP contribution in [0.5, 0.6) is 0 Å². The highest BCUT2D eigenvalue weighted by Gasteiger charge is 2.22. The first-order valence-corrected chi connectivity index (χ1v) is 5.28. The molecule has 16 heavy (non-hydrogen) atoms. The fourth-order valence-electron chi connectivity index (χ4n) is 1.70. The first-order chi connectivity index (χ1) is 7.65. The van der Waals surface area contributed by atoms with Gasteiger partial charge in [-0.3, -0.25) is 4.79 Å². The Labute approximate surface area is 93.7 Å². The maximum Gasteiger partial charge on any atom is 0.227 e. The number of hydrogen-bond acceptors (Lipinski definition) is 4. The van der Waals surface area contributed by atoms with Gasteiger partial charge >= 0.3 is 0 Å². The number of nitrogens with zero attached hydrogens (tertiary/aromatic N) is 1. The second kappa shape index (κ2) is 4.49. The first kappa shape index (κ1) is 10.9. The zero-order valence-electron chi connectivity index (χ0n) is 9.14. The molecule has 0 spiro atoms. The van der Waals surface area contributed by atoms with Gasteiger partial charge in [0.1, 0.15) is 5.76 Å². The van der Waals surface area contributed by atoms with Gasteiger partial charge in [-0.2, -0.15) is 0 Å². The third-order valence-corrected chi connectivity index (χ3v) is 2.54. The number of nitrogens with two attached hydrogens (primary N) is 1. The largest absolute Gasteiger partial charge is 0.444 e. The highest BCUT2D eigenvalue weighted by molar-refractivity contribution is 5.80. The van der Waals surface area contributed by atoms with Gasteiger partial charge in [-0.15, -0.1) is 0 Å². The van der Waals surface area contributed by atoms with E-state index in [1.165, 1.54) is 0 Å². The van der Waals surface area contributed by atoms with E-state index in [0.717, 1.165) is 5.76 Å². The Kier molecular flexibility index (Phi) is 3.05. The Hall–Kier alpha value is -1.62. The molecule has 3 N–H and O–H groups in total. The van der Waals surface area contributed by atoms with E-state index in [9.17, 15) is 4.79 Å². The smallest absolute Gasteiger partial charge is 0.227 e. The first-order valence-electron chi connectivity index (χ1n) is 5.28. The lowest BCUT2D eigenvalue weighted by atomic mass is 10.1. The average Bonchev–Trinajstić information content (AvgIpc) is 2.84. The Morgan fingerprint density at radius 3 is 3.06 bits per heavy atom. The third-order valence-electron chi connectivity index (χ3n) is 2.54. The minimum Gasteiger partial charge on any atom is -0.444 e. The predicted molar refractivity (Wildman–Crippen MR) is 58.3 cm³/mol. The summed E-state index contributed by atoms with van der Waals surface area (Å²) < 4.78 is 5.25. The normalized spacial score (nSPS) is 23.6. The van der Waals surface area contributed by atoms with Gasteiger partial charge in [-0.05, 0) is 13.3 Å². The Bertz CT molecular complexity index is 411. The molecule has 5 nitrogen and oxygen atoms in total. The minimum atomic E-state index is -0.119. The standard InChI is InChI=1S/C11H15N3O2/c1-7-5-13-10(16-7)6-14-11(15)8-2-3-9(12)4-8/h2-3,5,8-9H,4,6,12H2,1H3,(H,14,15). The number of oxazole rings is 1. The number of aryl methyl sites for hydroxylation is 1. The molecule has 1 aliphatic rings. The van der Waals surface area contributed by atoms with Crippen LogP contribution >= 0.6 is 0 Å². The van der Waals surface area contributed by atoms with Crippen LogP contribution in [0.4, 0.5) is 0 Å². The van der Waals surface area contributed by atoms with Crippen molar-refractivity contribution in [2.75, 3.05) is 0 Å². The second-order valence-electron chi connectivity index (χ2n) is 3.97. The fourth-order valence-corrected chi connectivity index (χ4v) is 1.70. The summed E-state index contributed by atoms with van der Waals surface area (Å²) in [7, 11) is 0. The van der Waals surface area contributed by atoms with Crippen molar-refractivity contribution in [2.24, 2.45) is 11.7 Å². The highest BCUT2D eigenvalue weighted by atomic mass is 16.4. The summed E-state index contributed by atoms with van der Waals surface area (Å²) in [6.45, 7) is 2.14. The fraction of sp³-hybridized carbons (Fsp3) is 0.455. The van der Waals surface area contributed by atoms with E-state index in [-0.39, 0.29) is 17.9 Å². The highest BCUT2D eigenvalue weighted by Crippen LogP contribution is 2.16. The Morgan fingerprint density at radius 2 is 2.50 bits per heavy atom. The minimum absolute atomic E-state index is 0.000248. The van der Waals surface area contributed by atoms with Gasteiger partial charge in [0.2, 0.25) is 11.8 Å². The quantitative estimate of drug-likeness (QED) is 0.728. The van der Waals surface area contributed by atoms with Gasteiger partial charge in [0.25, 0.3) is 0 Å². The van der Waals surface area contributed by atoms with E-state index in [1.54, 1.807) is 6.20 Å². The molecule has 1 heterocycles. The molecule has 0 saturated heterocycles. The average molecular weight is 221 g/mol. The second-order valence-corrected chi connectivity index (χ2v) is 3.97. The SMILES string of the molecule is Cc1cnc(CNC(=O)C2C=CC(N)C2)o1. The van der Waals surface area contributed by atoms with Crippen LogP contribution in [0.15, 0.2) is 22.8 Å². The van der Waals surface area contributed by atoms with Crippen molar-refractivity contribution >= 4 is 5.91 Å². The topological polar surface area (TPSA) is 81.2 Å². The van der Waals surface area contributed by atoms with E-state index in [1.807, 2.05) is 19.1 Å². The summed E-state index contributed by atoms with van der Waals surface area (Å²) in [6.07, 6.45) is 6.02. The van der Waals surface area contributed by atoms with Crippen LogP contribution in [0.3, 0.4) is 0 Å². The number of carbonyl (C=O) groups excluding carboxylic acids is 1. The number of nitrogens with one attached hydrogen (secondary N) is 1. The van der Waals surface area contributed by atoms with Crippen LogP contribution in [0.2, 0.25) is 0 Å². The van der Waals surface area contributed by atoms with Crippen LogP contribution in [0.1, 0.15) is 18.1 Å². The number of amides is 1.